The molecule has 10 heteroatoms. The van der Waals surface area contributed by atoms with Crippen LogP contribution >= 0.6 is 23.2 Å². The first-order valence-electron chi connectivity index (χ1n) is 8.80. The smallest absolute Gasteiger partial charge is 0.373 e. The van der Waals surface area contributed by atoms with Crippen molar-refractivity contribution in [3.8, 4) is 0 Å². The normalized spacial score (nSPS) is 13.4. The molecule has 0 aliphatic carbocycles. The zero-order valence-electron chi connectivity index (χ0n) is 16.2. The number of nitro groups is 1. The summed E-state index contributed by atoms with van der Waals surface area (Å²) in [6.07, 6.45) is 1.63. The molecule has 0 saturated heterocycles. The lowest BCUT2D eigenvalue weighted by atomic mass is 10.2. The number of carbonyl (C=O) groups excluding carboxylic acids is 1. The van der Waals surface area contributed by atoms with E-state index in [1.807, 2.05) is 0 Å². The number of esters is 1. The molecule has 0 radical (unpaired) electrons. The van der Waals surface area contributed by atoms with Crippen molar-refractivity contribution in [3.05, 3.63) is 73.9 Å². The van der Waals surface area contributed by atoms with Gasteiger partial charge in [-0.25, -0.2) is 9.00 Å². The molecule has 2 rings (SSSR count). The maximum Gasteiger partial charge on any atom is 0.373 e. The van der Waals surface area contributed by atoms with Crippen molar-refractivity contribution in [2.75, 3.05) is 13.7 Å². The summed E-state index contributed by atoms with van der Waals surface area (Å²) in [4.78, 5) is 23.5. The van der Waals surface area contributed by atoms with Gasteiger partial charge < -0.3 is 9.47 Å². The molecule has 0 N–H and O–H groups in total. The molecule has 2 aromatic carbocycles. The van der Waals surface area contributed by atoms with Crippen LogP contribution in [0.3, 0.4) is 0 Å². The summed E-state index contributed by atoms with van der Waals surface area (Å²) < 4.78 is 22.9. The molecular formula is C20H19Cl2NO6S. The predicted molar refractivity (Wildman–Crippen MR) is 115 cm³/mol. The van der Waals surface area contributed by atoms with Crippen LogP contribution in [0.5, 0.6) is 0 Å². The van der Waals surface area contributed by atoms with Gasteiger partial charge in [0.05, 0.1) is 28.0 Å². The highest BCUT2D eigenvalue weighted by Crippen LogP contribution is 2.27. The van der Waals surface area contributed by atoms with Gasteiger partial charge in [0.2, 0.25) is 11.8 Å². The number of benzene rings is 2. The number of carbonyl (C=O) groups is 1. The molecule has 0 heterocycles. The molecule has 0 aromatic heterocycles. The fourth-order valence-electron chi connectivity index (χ4n) is 2.37. The molecule has 2 unspecified atom stereocenters. The Kier molecular flexibility index (Phi) is 8.83. The van der Waals surface area contributed by atoms with E-state index in [-0.39, 0.29) is 23.8 Å². The van der Waals surface area contributed by atoms with Crippen molar-refractivity contribution in [3.63, 3.8) is 0 Å². The van der Waals surface area contributed by atoms with Gasteiger partial charge in [0.25, 0.3) is 0 Å². The van der Waals surface area contributed by atoms with Gasteiger partial charge in [-0.2, -0.15) is 0 Å². The van der Waals surface area contributed by atoms with E-state index < -0.39 is 27.7 Å². The van der Waals surface area contributed by atoms with Crippen LogP contribution in [0.4, 0.5) is 0 Å². The van der Waals surface area contributed by atoms with Gasteiger partial charge in [0.1, 0.15) is 0 Å². The molecule has 0 aliphatic rings. The Morgan fingerprint density at radius 1 is 1.20 bits per heavy atom. The Hall–Kier alpha value is -2.42. The number of halogens is 2. The number of nitrogens with zero attached hydrogens (tertiary/aromatic N) is 1. The van der Waals surface area contributed by atoms with E-state index in [1.165, 1.54) is 19.3 Å². The van der Waals surface area contributed by atoms with E-state index in [0.29, 0.717) is 20.4 Å². The average molecular weight is 472 g/mol. The Balaban J connectivity index is 2.30. The van der Waals surface area contributed by atoms with Crippen molar-refractivity contribution >= 4 is 46.0 Å². The first-order chi connectivity index (χ1) is 14.3. The van der Waals surface area contributed by atoms with Crippen LogP contribution in [0.15, 0.2) is 58.0 Å². The molecule has 0 fully saturated rings. The lowest BCUT2D eigenvalue weighted by molar-refractivity contribution is -0.526. The van der Waals surface area contributed by atoms with Crippen LogP contribution in [0, 0.1) is 10.1 Å². The zero-order chi connectivity index (χ0) is 22.3. The number of hydrogen-bond donors (Lipinski definition) is 0. The molecule has 2 aromatic rings. The second-order valence-electron chi connectivity index (χ2n) is 6.08. The van der Waals surface area contributed by atoms with Crippen molar-refractivity contribution < 1.29 is 23.4 Å². The molecule has 7 nitrogen and oxygen atoms in total. The summed E-state index contributed by atoms with van der Waals surface area (Å²) in [6.45, 7) is 1.37. The fourth-order valence-corrected chi connectivity index (χ4v) is 3.87. The summed E-state index contributed by atoms with van der Waals surface area (Å²) in [5.74, 6) is -0.959. The molecule has 160 valence electrons. The van der Waals surface area contributed by atoms with Gasteiger partial charge >= 0.3 is 5.97 Å². The van der Waals surface area contributed by atoms with Crippen molar-refractivity contribution in [2.45, 2.75) is 29.2 Å². The van der Waals surface area contributed by atoms with Gasteiger partial charge in [-0.1, -0.05) is 42.3 Å². The van der Waals surface area contributed by atoms with E-state index in [1.54, 1.807) is 43.3 Å². The lowest BCUT2D eigenvalue weighted by Crippen LogP contribution is -2.25. The minimum absolute atomic E-state index is 0.185. The van der Waals surface area contributed by atoms with Crippen LogP contribution in [0.1, 0.15) is 18.9 Å². The Morgan fingerprint density at radius 3 is 2.50 bits per heavy atom. The summed E-state index contributed by atoms with van der Waals surface area (Å²) in [7, 11) is -0.360. The molecule has 30 heavy (non-hydrogen) atoms. The molecule has 0 spiro atoms. The van der Waals surface area contributed by atoms with Crippen LogP contribution < -0.4 is 0 Å². The van der Waals surface area contributed by atoms with E-state index in [0.717, 1.165) is 0 Å². The summed E-state index contributed by atoms with van der Waals surface area (Å²) >= 11 is 11.9. The monoisotopic (exact) mass is 471 g/mol. The number of methoxy groups -OCH3 is 1. The first kappa shape index (κ1) is 23.9. The quantitative estimate of drug-likeness (QED) is 0.172. The maximum atomic E-state index is 12.9. The second-order valence-corrected chi connectivity index (χ2v) is 8.37. The van der Waals surface area contributed by atoms with Gasteiger partial charge in [-0.05, 0) is 42.0 Å². The maximum absolute atomic E-state index is 12.9. The highest BCUT2D eigenvalue weighted by Gasteiger charge is 2.21. The SMILES string of the molecule is CCC(COC(=Cc1cccc(S(=O)c2ccc(Cl)c(Cl)c2)c1)C(=O)OC)[N+](=O)[O-]. The minimum atomic E-state index is -1.54. The van der Waals surface area contributed by atoms with Crippen molar-refractivity contribution in [1.29, 1.82) is 0 Å². The average Bonchev–Trinajstić information content (AvgIpc) is 2.74. The standard InChI is InChI=1S/C20H19Cl2NO6S/c1-3-14(23(25)26)12-29-19(20(24)28-2)10-13-5-4-6-15(9-13)30(27)16-7-8-17(21)18(22)11-16/h4-11,14H,3,12H2,1-2H3. The van der Waals surface area contributed by atoms with Crippen LogP contribution in [0.2, 0.25) is 10.0 Å². The lowest BCUT2D eigenvalue weighted by Gasteiger charge is -2.11. The van der Waals surface area contributed by atoms with Crippen LogP contribution in [-0.2, 0) is 25.1 Å². The Morgan fingerprint density at radius 2 is 1.90 bits per heavy atom. The Labute approximate surface area is 186 Å². The summed E-state index contributed by atoms with van der Waals surface area (Å²) in [5.41, 5.74) is 0.510. The zero-order valence-corrected chi connectivity index (χ0v) is 18.5. The van der Waals surface area contributed by atoms with Gasteiger partial charge in [0, 0.05) is 21.1 Å². The molecule has 0 amide bonds. The van der Waals surface area contributed by atoms with Crippen molar-refractivity contribution in [2.24, 2.45) is 0 Å². The van der Waals surface area contributed by atoms with Crippen LogP contribution in [-0.4, -0.2) is 34.9 Å². The van der Waals surface area contributed by atoms with Crippen molar-refractivity contribution in [1.82, 2.24) is 0 Å². The highest BCUT2D eigenvalue weighted by atomic mass is 35.5. The third-order valence-corrected chi connectivity index (χ3v) is 6.17. The van der Waals surface area contributed by atoms with Gasteiger partial charge in [-0.3, -0.25) is 10.1 Å². The van der Waals surface area contributed by atoms with Gasteiger partial charge in [-0.15, -0.1) is 0 Å². The summed E-state index contributed by atoms with van der Waals surface area (Å²) in [5, 5.41) is 11.6. The second kappa shape index (κ2) is 11.1. The molecule has 0 bridgehead atoms. The third kappa shape index (κ3) is 6.29. The van der Waals surface area contributed by atoms with E-state index >= 15 is 0 Å². The third-order valence-electron chi connectivity index (χ3n) is 4.06. The number of rotatable bonds is 9. The van der Waals surface area contributed by atoms with E-state index in [2.05, 4.69) is 0 Å². The first-order valence-corrected chi connectivity index (χ1v) is 10.7. The highest BCUT2D eigenvalue weighted by molar-refractivity contribution is 7.85. The Bertz CT molecular complexity index is 995. The largest absolute Gasteiger partial charge is 0.479 e. The fraction of sp³-hybridized carbons (Fsp3) is 0.250. The molecule has 0 saturated carbocycles. The number of ether oxygens (including phenoxy) is 2. The van der Waals surface area contributed by atoms with Crippen LogP contribution in [0.25, 0.3) is 6.08 Å². The van der Waals surface area contributed by atoms with E-state index in [4.69, 9.17) is 32.7 Å². The van der Waals surface area contributed by atoms with Gasteiger partial charge in [0.15, 0.2) is 6.61 Å². The summed E-state index contributed by atoms with van der Waals surface area (Å²) in [6, 6.07) is 10.3. The molecule has 0 aliphatic heterocycles. The molecule has 2 atom stereocenters. The van der Waals surface area contributed by atoms with E-state index in [9.17, 15) is 19.1 Å². The predicted octanol–water partition coefficient (Wildman–Crippen LogP) is 4.75. The number of hydrogen-bond acceptors (Lipinski definition) is 6. The topological polar surface area (TPSA) is 95.7 Å². The minimum Gasteiger partial charge on any atom is -0.479 e. The molecular weight excluding hydrogens is 453 g/mol.